The standard InChI is InChI=1S/C49H38N2S/c1-48(2)39-20-9-7-18-34(39)37-29-42-38(28-41(37)48)36-27-32(22-23-40(36)49(42)24-11-4-12-25-49)31-16-13-17-33(26-31)46-50-45(30-14-5-3-6-15-30)44-35-19-8-10-21-43(35)52-47(44)51-46/h3,5-10,13-23,26-29H,4,11-12,24-25H2,1-2H3. The summed E-state index contributed by atoms with van der Waals surface area (Å²) >= 11 is 1.75. The molecule has 3 heteroatoms. The lowest BCUT2D eigenvalue weighted by atomic mass is 9.67. The smallest absolute Gasteiger partial charge is 0.161 e. The third-order valence-corrected chi connectivity index (χ3v) is 13.6. The van der Waals surface area contributed by atoms with Crippen LogP contribution in [0.4, 0.5) is 0 Å². The molecule has 2 aromatic heterocycles. The van der Waals surface area contributed by atoms with E-state index in [9.17, 15) is 0 Å². The number of nitrogens with zero attached hydrogens (tertiary/aromatic N) is 2. The molecule has 8 aromatic rings. The third kappa shape index (κ3) is 4.23. The third-order valence-electron chi connectivity index (χ3n) is 12.5. The lowest BCUT2D eigenvalue weighted by molar-refractivity contribution is 0.353. The largest absolute Gasteiger partial charge is 0.227 e. The Hall–Kier alpha value is -5.38. The van der Waals surface area contributed by atoms with Gasteiger partial charge in [-0.15, -0.1) is 11.3 Å². The fourth-order valence-corrected chi connectivity index (χ4v) is 11.0. The van der Waals surface area contributed by atoms with Crippen LogP contribution < -0.4 is 0 Å². The molecule has 6 aromatic carbocycles. The first kappa shape index (κ1) is 30.3. The van der Waals surface area contributed by atoms with Crippen LogP contribution in [-0.4, -0.2) is 9.97 Å². The maximum Gasteiger partial charge on any atom is 0.161 e. The molecule has 0 amide bonds. The Balaban J connectivity index is 1.06. The number of benzene rings is 6. The highest BCUT2D eigenvalue weighted by Gasteiger charge is 2.46. The van der Waals surface area contributed by atoms with Crippen molar-refractivity contribution < 1.29 is 0 Å². The molecule has 2 heterocycles. The van der Waals surface area contributed by atoms with E-state index in [1.54, 1.807) is 16.9 Å². The van der Waals surface area contributed by atoms with Crippen molar-refractivity contribution in [2.24, 2.45) is 0 Å². The summed E-state index contributed by atoms with van der Waals surface area (Å²) < 4.78 is 1.24. The van der Waals surface area contributed by atoms with Gasteiger partial charge >= 0.3 is 0 Å². The van der Waals surface area contributed by atoms with E-state index >= 15 is 0 Å². The van der Waals surface area contributed by atoms with Crippen molar-refractivity contribution in [2.75, 3.05) is 0 Å². The van der Waals surface area contributed by atoms with Crippen molar-refractivity contribution >= 4 is 31.6 Å². The molecule has 52 heavy (non-hydrogen) atoms. The fourth-order valence-electron chi connectivity index (χ4n) is 9.96. The van der Waals surface area contributed by atoms with Gasteiger partial charge in [0.15, 0.2) is 5.82 Å². The van der Waals surface area contributed by atoms with Gasteiger partial charge in [-0.3, -0.25) is 0 Å². The molecule has 0 saturated heterocycles. The number of fused-ring (bicyclic) bond motifs is 11. The maximum absolute atomic E-state index is 5.30. The highest BCUT2D eigenvalue weighted by atomic mass is 32.1. The summed E-state index contributed by atoms with van der Waals surface area (Å²) in [4.78, 5) is 11.5. The Labute approximate surface area is 308 Å². The summed E-state index contributed by atoms with van der Waals surface area (Å²) in [7, 11) is 0. The Morgan fingerprint density at radius 1 is 0.500 bits per heavy atom. The predicted octanol–water partition coefficient (Wildman–Crippen LogP) is 13.4. The van der Waals surface area contributed by atoms with E-state index in [4.69, 9.17) is 9.97 Å². The molecule has 0 unspecified atom stereocenters. The van der Waals surface area contributed by atoms with Gasteiger partial charge in [-0.1, -0.05) is 136 Å². The number of aromatic nitrogens is 2. The van der Waals surface area contributed by atoms with Crippen molar-refractivity contribution in [2.45, 2.75) is 56.8 Å². The number of hydrogen-bond donors (Lipinski definition) is 0. The molecular weight excluding hydrogens is 649 g/mol. The molecule has 0 N–H and O–H groups in total. The maximum atomic E-state index is 5.30. The van der Waals surface area contributed by atoms with Crippen LogP contribution >= 0.6 is 11.3 Å². The van der Waals surface area contributed by atoms with Gasteiger partial charge in [0, 0.05) is 37.4 Å². The van der Waals surface area contributed by atoms with Gasteiger partial charge in [-0.2, -0.15) is 0 Å². The summed E-state index contributed by atoms with van der Waals surface area (Å²) in [5, 5.41) is 2.35. The van der Waals surface area contributed by atoms with Gasteiger partial charge in [0.25, 0.3) is 0 Å². The van der Waals surface area contributed by atoms with Crippen LogP contribution in [0.2, 0.25) is 0 Å². The van der Waals surface area contributed by atoms with Gasteiger partial charge in [0.05, 0.1) is 5.69 Å². The van der Waals surface area contributed by atoms with Gasteiger partial charge in [0.2, 0.25) is 0 Å². The highest BCUT2D eigenvalue weighted by molar-refractivity contribution is 7.25. The van der Waals surface area contributed by atoms with Gasteiger partial charge < -0.3 is 0 Å². The lowest BCUT2D eigenvalue weighted by Crippen LogP contribution is -2.28. The second-order valence-corrected chi connectivity index (χ2v) is 16.7. The first-order valence-electron chi connectivity index (χ1n) is 18.8. The average molecular weight is 687 g/mol. The highest BCUT2D eigenvalue weighted by Crippen LogP contribution is 2.60. The van der Waals surface area contributed by atoms with Crippen LogP contribution in [0.5, 0.6) is 0 Å². The Kier molecular flexibility index (Phi) is 6.44. The van der Waals surface area contributed by atoms with Gasteiger partial charge in [0.1, 0.15) is 4.83 Å². The molecule has 0 atom stereocenters. The van der Waals surface area contributed by atoms with E-state index < -0.39 is 0 Å². The van der Waals surface area contributed by atoms with Crippen molar-refractivity contribution in [3.8, 4) is 56.0 Å². The zero-order chi connectivity index (χ0) is 34.6. The van der Waals surface area contributed by atoms with Crippen LogP contribution in [-0.2, 0) is 10.8 Å². The number of hydrogen-bond acceptors (Lipinski definition) is 3. The average Bonchev–Trinajstić information content (AvgIpc) is 3.78. The Morgan fingerprint density at radius 3 is 2.08 bits per heavy atom. The topological polar surface area (TPSA) is 25.8 Å². The first-order valence-corrected chi connectivity index (χ1v) is 19.6. The first-order chi connectivity index (χ1) is 25.5. The SMILES string of the molecule is CC1(C)c2ccccc2-c2cc3c(cc21)-c1cc(-c2cccc(-c4nc(-c5ccccc5)c5c(n4)sc4ccccc45)c2)ccc1C31CCCCC1. The Bertz CT molecular complexity index is 2750. The Morgan fingerprint density at radius 2 is 1.19 bits per heavy atom. The van der Waals surface area contributed by atoms with Crippen LogP contribution in [0.15, 0.2) is 133 Å². The second kappa shape index (κ2) is 11.1. The van der Waals surface area contributed by atoms with E-state index in [1.165, 1.54) is 92.3 Å². The molecule has 250 valence electrons. The summed E-state index contributed by atoms with van der Waals surface area (Å²) in [6, 6.07) is 49.6. The van der Waals surface area contributed by atoms with E-state index in [0.717, 1.165) is 32.9 Å². The fraction of sp³-hybridized carbons (Fsp3) is 0.184. The quantitative estimate of drug-likeness (QED) is 0.185. The van der Waals surface area contributed by atoms with Crippen LogP contribution in [0.25, 0.3) is 76.3 Å². The van der Waals surface area contributed by atoms with Crippen molar-refractivity contribution in [1.29, 1.82) is 0 Å². The molecule has 3 aliphatic carbocycles. The van der Waals surface area contributed by atoms with E-state index in [2.05, 4.69) is 147 Å². The molecule has 3 aliphatic rings. The van der Waals surface area contributed by atoms with E-state index in [-0.39, 0.29) is 10.8 Å². The monoisotopic (exact) mass is 686 g/mol. The normalized spacial score (nSPS) is 16.2. The molecule has 11 rings (SSSR count). The summed E-state index contributed by atoms with van der Waals surface area (Å²) in [5.41, 5.74) is 17.4. The summed E-state index contributed by atoms with van der Waals surface area (Å²) in [6.07, 6.45) is 6.37. The van der Waals surface area contributed by atoms with Gasteiger partial charge in [-0.25, -0.2) is 9.97 Å². The zero-order valence-corrected chi connectivity index (χ0v) is 30.4. The molecule has 1 spiro atoms. The van der Waals surface area contributed by atoms with E-state index in [1.807, 2.05) is 0 Å². The van der Waals surface area contributed by atoms with Crippen molar-refractivity contribution in [1.82, 2.24) is 9.97 Å². The second-order valence-electron chi connectivity index (χ2n) is 15.6. The molecular formula is C49H38N2S. The minimum atomic E-state index is -0.0243. The van der Waals surface area contributed by atoms with Crippen LogP contribution in [0.1, 0.15) is 68.2 Å². The molecule has 1 saturated carbocycles. The lowest BCUT2D eigenvalue weighted by Gasteiger charge is -2.36. The number of thiophene rings is 1. The summed E-state index contributed by atoms with van der Waals surface area (Å²) in [5.74, 6) is 0.768. The molecule has 0 aliphatic heterocycles. The molecule has 1 fully saturated rings. The van der Waals surface area contributed by atoms with Crippen molar-refractivity contribution in [3.63, 3.8) is 0 Å². The van der Waals surface area contributed by atoms with Gasteiger partial charge in [-0.05, 0) is 98.8 Å². The minimum absolute atomic E-state index is 0.0243. The predicted molar refractivity (Wildman–Crippen MR) is 218 cm³/mol. The van der Waals surface area contributed by atoms with E-state index in [0.29, 0.717) is 0 Å². The van der Waals surface area contributed by atoms with Crippen LogP contribution in [0.3, 0.4) is 0 Å². The van der Waals surface area contributed by atoms with Crippen molar-refractivity contribution in [3.05, 3.63) is 156 Å². The molecule has 0 radical (unpaired) electrons. The molecule has 0 bridgehead atoms. The zero-order valence-electron chi connectivity index (χ0n) is 29.5. The summed E-state index contributed by atoms with van der Waals surface area (Å²) in [6.45, 7) is 4.80. The van der Waals surface area contributed by atoms with Crippen LogP contribution in [0, 0.1) is 0 Å². The molecule has 2 nitrogen and oxygen atoms in total. The number of rotatable bonds is 3. The minimum Gasteiger partial charge on any atom is -0.227 e.